The molecule has 3 heteroatoms. The lowest BCUT2D eigenvalue weighted by Crippen LogP contribution is -2.02. The van der Waals surface area contributed by atoms with E-state index in [0.717, 1.165) is 23.0 Å². The van der Waals surface area contributed by atoms with Crippen LogP contribution < -0.4 is 5.32 Å². The van der Waals surface area contributed by atoms with Gasteiger partial charge in [0.15, 0.2) is 0 Å². The molecule has 0 aliphatic rings. The number of nitrogens with zero attached hydrogens (tertiary/aromatic N) is 1. The summed E-state index contributed by atoms with van der Waals surface area (Å²) in [5.74, 6) is 1.63. The van der Waals surface area contributed by atoms with Gasteiger partial charge >= 0.3 is 0 Å². The molecule has 0 amide bonds. The van der Waals surface area contributed by atoms with Gasteiger partial charge in [-0.3, -0.25) is 0 Å². The van der Waals surface area contributed by atoms with Crippen LogP contribution in [0.1, 0.15) is 28.5 Å². The second kappa shape index (κ2) is 4.62. The van der Waals surface area contributed by atoms with Gasteiger partial charge in [-0.2, -0.15) is 0 Å². The van der Waals surface area contributed by atoms with Gasteiger partial charge in [0.25, 0.3) is 0 Å². The summed E-state index contributed by atoms with van der Waals surface area (Å²) in [6.45, 7) is 8.74. The molecule has 0 aliphatic carbocycles. The highest BCUT2D eigenvalue weighted by Crippen LogP contribution is 2.19. The van der Waals surface area contributed by atoms with E-state index in [0.29, 0.717) is 6.54 Å². The predicted octanol–water partition coefficient (Wildman–Crippen LogP) is 3.52. The van der Waals surface area contributed by atoms with Crippen molar-refractivity contribution >= 4 is 5.69 Å². The Morgan fingerprint density at radius 3 is 2.59 bits per heavy atom. The van der Waals surface area contributed by atoms with Gasteiger partial charge in [-0.05, 0) is 44.9 Å². The van der Waals surface area contributed by atoms with Crippen molar-refractivity contribution in [3.8, 4) is 0 Å². The molecular weight excluding hydrogens is 212 g/mol. The highest BCUT2D eigenvalue weighted by molar-refractivity contribution is 5.53. The second-order valence-electron chi connectivity index (χ2n) is 4.35. The summed E-state index contributed by atoms with van der Waals surface area (Å²) in [7, 11) is 0. The number of nitrogens with one attached hydrogen (secondary N) is 1. The smallest absolute Gasteiger partial charge is 0.213 e. The first-order chi connectivity index (χ1) is 8.08. The maximum absolute atomic E-state index is 5.53. The van der Waals surface area contributed by atoms with Crippen molar-refractivity contribution in [3.05, 3.63) is 46.7 Å². The number of oxazole rings is 1. The van der Waals surface area contributed by atoms with Crippen LogP contribution in [-0.4, -0.2) is 4.98 Å². The van der Waals surface area contributed by atoms with E-state index in [-0.39, 0.29) is 0 Å². The number of aryl methyl sites for hydroxylation is 3. The molecule has 90 valence electrons. The molecule has 1 aromatic heterocycles. The molecule has 0 saturated heterocycles. The molecule has 1 aromatic carbocycles. The predicted molar refractivity (Wildman–Crippen MR) is 69.2 cm³/mol. The average Bonchev–Trinajstić information content (AvgIpc) is 2.61. The van der Waals surface area contributed by atoms with Crippen molar-refractivity contribution in [1.29, 1.82) is 0 Å². The van der Waals surface area contributed by atoms with E-state index in [9.17, 15) is 0 Å². The number of hydrogen-bond donors (Lipinski definition) is 1. The largest absolute Gasteiger partial charge is 0.444 e. The first-order valence-corrected chi connectivity index (χ1v) is 5.81. The first-order valence-electron chi connectivity index (χ1n) is 5.81. The monoisotopic (exact) mass is 230 g/mol. The summed E-state index contributed by atoms with van der Waals surface area (Å²) in [4.78, 5) is 4.35. The third kappa shape index (κ3) is 2.49. The number of aromatic nitrogens is 1. The molecule has 1 heterocycles. The van der Waals surface area contributed by atoms with Crippen LogP contribution in [0, 0.1) is 27.7 Å². The van der Waals surface area contributed by atoms with E-state index in [4.69, 9.17) is 4.42 Å². The van der Waals surface area contributed by atoms with Crippen LogP contribution in [0.2, 0.25) is 0 Å². The molecular formula is C14H18N2O. The van der Waals surface area contributed by atoms with E-state index in [1.54, 1.807) is 0 Å². The molecule has 0 unspecified atom stereocenters. The van der Waals surface area contributed by atoms with Gasteiger partial charge in [0.1, 0.15) is 5.76 Å². The Bertz CT molecular complexity index is 510. The van der Waals surface area contributed by atoms with Gasteiger partial charge in [0.2, 0.25) is 5.89 Å². The van der Waals surface area contributed by atoms with Crippen molar-refractivity contribution in [2.45, 2.75) is 34.2 Å². The Hall–Kier alpha value is -1.77. The Balaban J connectivity index is 2.10. The number of anilines is 1. The molecule has 2 rings (SSSR count). The highest BCUT2D eigenvalue weighted by atomic mass is 16.4. The van der Waals surface area contributed by atoms with Crippen molar-refractivity contribution < 1.29 is 4.42 Å². The second-order valence-corrected chi connectivity index (χ2v) is 4.35. The quantitative estimate of drug-likeness (QED) is 0.876. The van der Waals surface area contributed by atoms with Gasteiger partial charge in [0, 0.05) is 5.69 Å². The molecule has 0 saturated carbocycles. The summed E-state index contributed by atoms with van der Waals surface area (Å²) in [5.41, 5.74) is 4.66. The summed E-state index contributed by atoms with van der Waals surface area (Å²) >= 11 is 0. The van der Waals surface area contributed by atoms with Crippen LogP contribution >= 0.6 is 0 Å². The molecule has 1 N–H and O–H groups in total. The Morgan fingerprint density at radius 2 is 1.94 bits per heavy atom. The minimum atomic E-state index is 0.624. The van der Waals surface area contributed by atoms with Gasteiger partial charge in [-0.25, -0.2) is 4.98 Å². The van der Waals surface area contributed by atoms with Gasteiger partial charge < -0.3 is 9.73 Å². The van der Waals surface area contributed by atoms with Gasteiger partial charge in [0.05, 0.1) is 12.2 Å². The number of benzene rings is 1. The van der Waals surface area contributed by atoms with E-state index >= 15 is 0 Å². The van der Waals surface area contributed by atoms with Crippen LogP contribution in [0.3, 0.4) is 0 Å². The summed E-state index contributed by atoms with van der Waals surface area (Å²) in [6.07, 6.45) is 0. The van der Waals surface area contributed by atoms with Crippen LogP contribution in [0.25, 0.3) is 0 Å². The summed E-state index contributed by atoms with van der Waals surface area (Å²) in [5, 5.41) is 3.35. The summed E-state index contributed by atoms with van der Waals surface area (Å²) < 4.78 is 5.53. The highest BCUT2D eigenvalue weighted by Gasteiger charge is 2.06. The molecule has 17 heavy (non-hydrogen) atoms. The van der Waals surface area contributed by atoms with Crippen LogP contribution in [0.15, 0.2) is 22.6 Å². The standard InChI is InChI=1S/C14H18N2O/c1-9-6-5-7-13(10(9)2)15-8-14-16-11(3)12(4)17-14/h5-7,15H,8H2,1-4H3. The SMILES string of the molecule is Cc1cccc(NCc2nc(C)c(C)o2)c1C. The fourth-order valence-corrected chi connectivity index (χ4v) is 1.73. The normalized spacial score (nSPS) is 10.6. The van der Waals surface area contributed by atoms with Gasteiger partial charge in [-0.15, -0.1) is 0 Å². The molecule has 0 radical (unpaired) electrons. The topological polar surface area (TPSA) is 38.1 Å². The Kier molecular flexibility index (Phi) is 3.18. The molecule has 0 atom stereocenters. The van der Waals surface area contributed by atoms with E-state index in [2.05, 4.69) is 42.3 Å². The van der Waals surface area contributed by atoms with Crippen molar-refractivity contribution in [2.24, 2.45) is 0 Å². The summed E-state index contributed by atoms with van der Waals surface area (Å²) in [6, 6.07) is 6.24. The van der Waals surface area contributed by atoms with Crippen LogP contribution in [0.4, 0.5) is 5.69 Å². The van der Waals surface area contributed by atoms with Gasteiger partial charge in [-0.1, -0.05) is 12.1 Å². The van der Waals surface area contributed by atoms with Crippen molar-refractivity contribution in [2.75, 3.05) is 5.32 Å². The minimum absolute atomic E-state index is 0.624. The van der Waals surface area contributed by atoms with E-state index < -0.39 is 0 Å². The lowest BCUT2D eigenvalue weighted by atomic mass is 10.1. The molecule has 0 fully saturated rings. The van der Waals surface area contributed by atoms with Crippen molar-refractivity contribution in [3.63, 3.8) is 0 Å². The maximum atomic E-state index is 5.53. The third-order valence-electron chi connectivity index (χ3n) is 3.11. The van der Waals surface area contributed by atoms with E-state index in [1.807, 2.05) is 13.8 Å². The van der Waals surface area contributed by atoms with E-state index in [1.165, 1.54) is 11.1 Å². The third-order valence-corrected chi connectivity index (χ3v) is 3.11. The zero-order chi connectivity index (χ0) is 12.4. The van der Waals surface area contributed by atoms with Crippen molar-refractivity contribution in [1.82, 2.24) is 4.98 Å². The van der Waals surface area contributed by atoms with Crippen LogP contribution in [0.5, 0.6) is 0 Å². The Morgan fingerprint density at radius 1 is 1.18 bits per heavy atom. The number of rotatable bonds is 3. The number of hydrogen-bond acceptors (Lipinski definition) is 3. The first kappa shape index (κ1) is 11.7. The maximum Gasteiger partial charge on any atom is 0.213 e. The fraction of sp³-hybridized carbons (Fsp3) is 0.357. The molecule has 0 spiro atoms. The zero-order valence-corrected chi connectivity index (χ0v) is 10.8. The molecule has 3 nitrogen and oxygen atoms in total. The minimum Gasteiger partial charge on any atom is -0.444 e. The Labute approximate surface area is 102 Å². The lowest BCUT2D eigenvalue weighted by molar-refractivity contribution is 0.478. The average molecular weight is 230 g/mol. The van der Waals surface area contributed by atoms with Crippen LogP contribution in [-0.2, 0) is 6.54 Å². The fourth-order valence-electron chi connectivity index (χ4n) is 1.73. The zero-order valence-electron chi connectivity index (χ0n) is 10.8. The molecule has 0 bridgehead atoms. The molecule has 0 aliphatic heterocycles. The lowest BCUT2D eigenvalue weighted by Gasteiger charge is -2.09. The molecule has 2 aromatic rings.